The predicted molar refractivity (Wildman–Crippen MR) is 106 cm³/mol. The normalized spacial score (nSPS) is 17.2. The standard InChI is InChI=1S/C18H29N5O3.ClH/c1-11-13(15(25)22-17(21-11)18(2,3)4)16(26)23-9-5-6-12(10-23)14(24)20-8-7-19;/h12H,5-10,19H2,1-4H3,(H,20,24)(H,21,22,25);1H. The van der Waals surface area contributed by atoms with Gasteiger partial charge in [0, 0.05) is 31.6 Å². The van der Waals surface area contributed by atoms with Gasteiger partial charge in [-0.25, -0.2) is 4.98 Å². The van der Waals surface area contributed by atoms with Crippen LogP contribution in [-0.4, -0.2) is 52.9 Å². The molecule has 2 heterocycles. The van der Waals surface area contributed by atoms with Crippen LogP contribution in [0.2, 0.25) is 0 Å². The number of aryl methyl sites for hydroxylation is 1. The van der Waals surface area contributed by atoms with Crippen LogP contribution in [0, 0.1) is 12.8 Å². The zero-order valence-corrected chi connectivity index (χ0v) is 17.2. The Balaban J connectivity index is 0.00000364. The largest absolute Gasteiger partial charge is 0.355 e. The van der Waals surface area contributed by atoms with E-state index in [4.69, 9.17) is 5.73 Å². The minimum Gasteiger partial charge on any atom is -0.355 e. The van der Waals surface area contributed by atoms with E-state index >= 15 is 0 Å². The topological polar surface area (TPSA) is 121 Å². The van der Waals surface area contributed by atoms with Crippen LogP contribution < -0.4 is 16.6 Å². The molecule has 1 saturated heterocycles. The second kappa shape index (κ2) is 9.32. The van der Waals surface area contributed by atoms with Crippen molar-refractivity contribution in [3.8, 4) is 0 Å². The fraction of sp³-hybridized carbons (Fsp3) is 0.667. The summed E-state index contributed by atoms with van der Waals surface area (Å²) < 4.78 is 0. The molecule has 1 unspecified atom stereocenters. The monoisotopic (exact) mass is 399 g/mol. The summed E-state index contributed by atoms with van der Waals surface area (Å²) in [5.41, 5.74) is 5.14. The number of carbonyl (C=O) groups is 2. The van der Waals surface area contributed by atoms with Gasteiger partial charge in [-0.1, -0.05) is 20.8 Å². The molecule has 0 aliphatic carbocycles. The summed E-state index contributed by atoms with van der Waals surface area (Å²) in [6, 6.07) is 0. The predicted octanol–water partition coefficient (Wildman–Crippen LogP) is 0.725. The molecule has 0 bridgehead atoms. The van der Waals surface area contributed by atoms with Gasteiger partial charge >= 0.3 is 0 Å². The van der Waals surface area contributed by atoms with E-state index in [1.54, 1.807) is 11.8 Å². The van der Waals surface area contributed by atoms with Crippen LogP contribution in [0.4, 0.5) is 0 Å². The Hall–Kier alpha value is -1.93. The number of carbonyl (C=O) groups excluding carboxylic acids is 2. The number of rotatable bonds is 4. The SMILES string of the molecule is Cc1nc(C(C)(C)C)[nH]c(=O)c1C(=O)N1CCCC(C(=O)NCCN)C1.Cl. The summed E-state index contributed by atoms with van der Waals surface area (Å²) in [6.07, 6.45) is 1.44. The quantitative estimate of drug-likeness (QED) is 0.688. The van der Waals surface area contributed by atoms with Crippen molar-refractivity contribution in [2.24, 2.45) is 11.7 Å². The van der Waals surface area contributed by atoms with Gasteiger partial charge < -0.3 is 20.9 Å². The highest BCUT2D eigenvalue weighted by atomic mass is 35.5. The summed E-state index contributed by atoms with van der Waals surface area (Å²) in [7, 11) is 0. The van der Waals surface area contributed by atoms with Crippen molar-refractivity contribution in [2.45, 2.75) is 46.0 Å². The first-order valence-corrected chi connectivity index (χ1v) is 9.03. The number of nitrogens with two attached hydrogens (primary N) is 1. The lowest BCUT2D eigenvalue weighted by Gasteiger charge is -2.32. The molecule has 8 nitrogen and oxygen atoms in total. The smallest absolute Gasteiger partial charge is 0.264 e. The minimum atomic E-state index is -0.429. The van der Waals surface area contributed by atoms with E-state index in [1.807, 2.05) is 20.8 Å². The van der Waals surface area contributed by atoms with E-state index in [2.05, 4.69) is 15.3 Å². The zero-order valence-electron chi connectivity index (χ0n) is 16.4. The van der Waals surface area contributed by atoms with Gasteiger partial charge in [-0.15, -0.1) is 12.4 Å². The van der Waals surface area contributed by atoms with Crippen LogP contribution in [0.1, 0.15) is 55.5 Å². The van der Waals surface area contributed by atoms with Crippen LogP contribution in [0.25, 0.3) is 0 Å². The third kappa shape index (κ3) is 5.52. The number of halogens is 1. The first-order valence-electron chi connectivity index (χ1n) is 9.03. The van der Waals surface area contributed by atoms with E-state index in [9.17, 15) is 14.4 Å². The highest BCUT2D eigenvalue weighted by Crippen LogP contribution is 2.20. The Kier molecular flexibility index (Phi) is 7.98. The summed E-state index contributed by atoms with van der Waals surface area (Å²) in [5, 5.41) is 2.77. The molecule has 27 heavy (non-hydrogen) atoms. The van der Waals surface area contributed by atoms with Gasteiger partial charge in [0.05, 0.1) is 11.6 Å². The molecule has 0 radical (unpaired) electrons. The summed E-state index contributed by atoms with van der Waals surface area (Å²) >= 11 is 0. The maximum atomic E-state index is 12.9. The number of aromatic amines is 1. The van der Waals surface area contributed by atoms with Crippen LogP contribution >= 0.6 is 12.4 Å². The molecular weight excluding hydrogens is 370 g/mol. The van der Waals surface area contributed by atoms with E-state index in [0.717, 1.165) is 12.8 Å². The van der Waals surface area contributed by atoms with Gasteiger partial charge in [-0.2, -0.15) is 0 Å². The van der Waals surface area contributed by atoms with Crippen molar-refractivity contribution in [1.82, 2.24) is 20.2 Å². The second-order valence-corrected chi connectivity index (χ2v) is 7.79. The van der Waals surface area contributed by atoms with Crippen LogP contribution in [0.15, 0.2) is 4.79 Å². The number of hydrogen-bond acceptors (Lipinski definition) is 5. The van der Waals surface area contributed by atoms with E-state index < -0.39 is 5.56 Å². The molecule has 4 N–H and O–H groups in total. The molecule has 1 fully saturated rings. The molecule has 1 aromatic heterocycles. The van der Waals surface area contributed by atoms with Crippen molar-refractivity contribution < 1.29 is 9.59 Å². The van der Waals surface area contributed by atoms with Crippen molar-refractivity contribution in [2.75, 3.05) is 26.2 Å². The average Bonchev–Trinajstić information content (AvgIpc) is 2.58. The van der Waals surface area contributed by atoms with Crippen molar-refractivity contribution in [3.63, 3.8) is 0 Å². The van der Waals surface area contributed by atoms with Gasteiger partial charge in [0.1, 0.15) is 11.4 Å². The van der Waals surface area contributed by atoms with Crippen LogP contribution in [0.3, 0.4) is 0 Å². The maximum absolute atomic E-state index is 12.9. The van der Waals surface area contributed by atoms with Gasteiger partial charge in [-0.3, -0.25) is 14.4 Å². The molecule has 9 heteroatoms. The molecule has 2 rings (SSSR count). The highest BCUT2D eigenvalue weighted by molar-refractivity contribution is 5.95. The third-order valence-corrected chi connectivity index (χ3v) is 4.55. The molecular formula is C18H30ClN5O3. The van der Waals surface area contributed by atoms with Gasteiger partial charge in [0.2, 0.25) is 5.91 Å². The Labute approximate surface area is 165 Å². The Bertz CT molecular complexity index is 741. The molecule has 1 aromatic rings. The number of amides is 2. The van der Waals surface area contributed by atoms with Crippen LogP contribution in [0.5, 0.6) is 0 Å². The average molecular weight is 400 g/mol. The molecule has 2 amide bonds. The van der Waals surface area contributed by atoms with Gasteiger partial charge in [0.25, 0.3) is 11.5 Å². The third-order valence-electron chi connectivity index (χ3n) is 4.55. The second-order valence-electron chi connectivity index (χ2n) is 7.79. The first-order chi connectivity index (χ1) is 12.1. The summed E-state index contributed by atoms with van der Waals surface area (Å²) in [5.74, 6) is -0.192. The molecule has 0 spiro atoms. The number of aromatic nitrogens is 2. The lowest BCUT2D eigenvalue weighted by atomic mass is 9.95. The fourth-order valence-electron chi connectivity index (χ4n) is 3.07. The van der Waals surface area contributed by atoms with Crippen molar-refractivity contribution >= 4 is 24.2 Å². The Morgan fingerprint density at radius 3 is 2.59 bits per heavy atom. The molecule has 0 saturated carbocycles. The number of likely N-dealkylation sites (tertiary alicyclic amines) is 1. The van der Waals surface area contributed by atoms with Gasteiger partial charge in [0.15, 0.2) is 0 Å². The summed E-state index contributed by atoms with van der Waals surface area (Å²) in [6.45, 7) is 9.13. The summed E-state index contributed by atoms with van der Waals surface area (Å²) in [4.78, 5) is 46.3. The Morgan fingerprint density at radius 1 is 1.37 bits per heavy atom. The van der Waals surface area contributed by atoms with Crippen molar-refractivity contribution in [3.05, 3.63) is 27.4 Å². The van der Waals surface area contributed by atoms with E-state index in [-0.39, 0.29) is 41.1 Å². The lowest BCUT2D eigenvalue weighted by Crippen LogP contribution is -2.47. The van der Waals surface area contributed by atoms with Gasteiger partial charge in [-0.05, 0) is 19.8 Å². The molecule has 152 valence electrons. The van der Waals surface area contributed by atoms with E-state index in [0.29, 0.717) is 37.7 Å². The molecule has 1 atom stereocenters. The number of nitrogens with zero attached hydrogens (tertiary/aromatic N) is 2. The van der Waals surface area contributed by atoms with E-state index in [1.165, 1.54) is 0 Å². The zero-order chi connectivity index (χ0) is 19.5. The minimum absolute atomic E-state index is 0. The maximum Gasteiger partial charge on any atom is 0.264 e. The molecule has 1 aliphatic rings. The highest BCUT2D eigenvalue weighted by Gasteiger charge is 2.31. The number of H-pyrrole nitrogens is 1. The number of piperidine rings is 1. The number of nitrogens with one attached hydrogen (secondary N) is 2. The number of hydrogen-bond donors (Lipinski definition) is 3. The first kappa shape index (κ1) is 23.1. The van der Waals surface area contributed by atoms with Crippen molar-refractivity contribution in [1.29, 1.82) is 0 Å². The fourth-order valence-corrected chi connectivity index (χ4v) is 3.07. The lowest BCUT2D eigenvalue weighted by molar-refractivity contribution is -0.126. The molecule has 1 aliphatic heterocycles. The molecule has 0 aromatic carbocycles. The Morgan fingerprint density at radius 2 is 2.04 bits per heavy atom. The van der Waals surface area contributed by atoms with Crippen LogP contribution in [-0.2, 0) is 10.2 Å².